The second-order valence-electron chi connectivity index (χ2n) is 9.93. The van der Waals surface area contributed by atoms with Gasteiger partial charge in [0.1, 0.15) is 31.0 Å². The van der Waals surface area contributed by atoms with E-state index < -0.39 is 0 Å². The van der Waals surface area contributed by atoms with Crippen molar-refractivity contribution < 1.29 is 19.4 Å². The zero-order valence-electron chi connectivity index (χ0n) is 24.0. The van der Waals surface area contributed by atoms with Crippen molar-refractivity contribution in [1.82, 2.24) is 9.13 Å². The van der Waals surface area contributed by atoms with E-state index >= 15 is 0 Å². The van der Waals surface area contributed by atoms with Crippen molar-refractivity contribution in [3.8, 4) is 11.5 Å². The van der Waals surface area contributed by atoms with E-state index in [-0.39, 0.29) is 30.8 Å². The molecule has 0 saturated carbocycles. The fourth-order valence-electron chi connectivity index (χ4n) is 4.91. The summed E-state index contributed by atoms with van der Waals surface area (Å²) in [6, 6.07) is 37.5. The van der Waals surface area contributed by atoms with Crippen LogP contribution < -0.4 is 20.6 Å². The molecule has 6 rings (SSSR count). The second-order valence-corrected chi connectivity index (χ2v) is 9.93. The maximum absolute atomic E-state index is 12.2. The molecule has 8 heteroatoms. The van der Waals surface area contributed by atoms with Gasteiger partial charge in [0.25, 0.3) is 11.1 Å². The van der Waals surface area contributed by atoms with Gasteiger partial charge in [-0.15, -0.1) is 0 Å². The Labute approximate surface area is 254 Å². The molecule has 0 amide bonds. The van der Waals surface area contributed by atoms with Gasteiger partial charge in [0.15, 0.2) is 0 Å². The molecule has 0 bridgehead atoms. The largest absolute Gasteiger partial charge is 0.488 e. The second kappa shape index (κ2) is 14.6. The van der Waals surface area contributed by atoms with Crippen molar-refractivity contribution in [2.24, 2.45) is 0 Å². The van der Waals surface area contributed by atoms with Crippen LogP contribution in [0.1, 0.15) is 11.1 Å². The minimum atomic E-state index is -0.242. The predicted molar refractivity (Wildman–Crippen MR) is 171 cm³/mol. The molecule has 4 aromatic carbocycles. The minimum Gasteiger partial charge on any atom is -0.488 e. The third-order valence-corrected chi connectivity index (χ3v) is 7.02. The smallest absolute Gasteiger partial charge is 0.255 e. The summed E-state index contributed by atoms with van der Waals surface area (Å²) in [5.74, 6) is 1.10. The minimum absolute atomic E-state index is 0.0400. The number of carbonyl (C=O) groups is 1. The van der Waals surface area contributed by atoms with E-state index in [2.05, 4.69) is 0 Å². The van der Waals surface area contributed by atoms with Gasteiger partial charge in [-0.1, -0.05) is 84.9 Å². The number of pyridine rings is 2. The molecule has 1 N–H and O–H groups in total. The summed E-state index contributed by atoms with van der Waals surface area (Å²) in [5.41, 5.74) is 3.14. The number of rotatable bonds is 10. The van der Waals surface area contributed by atoms with E-state index in [0.717, 1.165) is 33.7 Å². The number of aliphatic hydroxyl groups is 1. The molecule has 0 aliphatic heterocycles. The number of aliphatic hydroxyl groups excluding tert-OH is 1. The molecule has 0 fully saturated rings. The van der Waals surface area contributed by atoms with Crippen LogP contribution in [-0.2, 0) is 31.1 Å². The number of carbonyl (C=O) groups excluding carboxylic acids is 1. The number of nitrogens with zero attached hydrogens (tertiary/aromatic N) is 2. The van der Waals surface area contributed by atoms with Gasteiger partial charge in [-0.2, -0.15) is 0 Å². The summed E-state index contributed by atoms with van der Waals surface area (Å²) in [7, 11) is 0. The number of hydrogen-bond donors (Lipinski definition) is 1. The Bertz CT molecular complexity index is 1970. The normalized spacial score (nSPS) is 10.7. The standard InChI is InChI=1S/C18H17NO3.C18H15NO3/c2*20-11-10-19-16-9-5-4-8-15(16)17(12-18(19)21)22-13-14-6-2-1-3-7-14/h1-9,12,20H,10-11,13H2;1-9,11-12H,10,13H2. The summed E-state index contributed by atoms with van der Waals surface area (Å²) in [6.07, 6.45) is 0.721. The van der Waals surface area contributed by atoms with Crippen LogP contribution in [0.3, 0.4) is 0 Å². The first-order valence-corrected chi connectivity index (χ1v) is 14.2. The van der Waals surface area contributed by atoms with Gasteiger partial charge in [0.05, 0.1) is 24.2 Å². The molecular formula is C36H32N2O6. The van der Waals surface area contributed by atoms with Crippen LogP contribution in [0.15, 0.2) is 131 Å². The molecular weight excluding hydrogens is 556 g/mol. The monoisotopic (exact) mass is 588 g/mol. The Morgan fingerprint density at radius 3 is 1.50 bits per heavy atom. The van der Waals surface area contributed by atoms with Gasteiger partial charge < -0.3 is 28.5 Å². The highest BCUT2D eigenvalue weighted by molar-refractivity contribution is 5.86. The Morgan fingerprint density at radius 2 is 1.02 bits per heavy atom. The average Bonchev–Trinajstić information content (AvgIpc) is 3.07. The molecule has 0 aliphatic rings. The number of ether oxygens (including phenoxy) is 2. The van der Waals surface area contributed by atoms with E-state index in [0.29, 0.717) is 30.2 Å². The number of aromatic nitrogens is 2. The predicted octanol–water partition coefficient (Wildman–Crippen LogP) is 5.35. The Hall–Kier alpha value is -5.47. The van der Waals surface area contributed by atoms with Gasteiger partial charge in [0, 0.05) is 29.4 Å². The van der Waals surface area contributed by atoms with Crippen LogP contribution in [0, 0.1) is 0 Å². The SMILES string of the molecule is O=CCn1c(=O)cc(OCc2ccccc2)c2ccccc21.O=c1cc(OCc2ccccc2)c2ccccc2n1CCO. The third-order valence-electron chi connectivity index (χ3n) is 7.02. The summed E-state index contributed by atoms with van der Waals surface area (Å²) in [6.45, 7) is 1.04. The number of aldehydes is 1. The summed E-state index contributed by atoms with van der Waals surface area (Å²) in [4.78, 5) is 35.2. The van der Waals surface area contributed by atoms with Gasteiger partial charge in [-0.05, 0) is 35.4 Å². The van der Waals surface area contributed by atoms with Crippen LogP contribution in [-0.4, -0.2) is 27.1 Å². The summed E-state index contributed by atoms with van der Waals surface area (Å²) >= 11 is 0. The number of para-hydroxylation sites is 2. The van der Waals surface area contributed by atoms with Crippen LogP contribution in [0.4, 0.5) is 0 Å². The average molecular weight is 589 g/mol. The van der Waals surface area contributed by atoms with E-state index in [1.165, 1.54) is 16.7 Å². The molecule has 0 atom stereocenters. The molecule has 44 heavy (non-hydrogen) atoms. The Kier molecular flexibility index (Phi) is 9.97. The zero-order chi connectivity index (χ0) is 30.7. The van der Waals surface area contributed by atoms with E-state index in [1.807, 2.05) is 109 Å². The quantitative estimate of drug-likeness (QED) is 0.217. The summed E-state index contributed by atoms with van der Waals surface area (Å²) in [5, 5.41) is 10.8. The van der Waals surface area contributed by atoms with E-state index in [1.54, 1.807) is 4.57 Å². The highest BCUT2D eigenvalue weighted by Gasteiger charge is 2.11. The van der Waals surface area contributed by atoms with Crippen molar-refractivity contribution in [1.29, 1.82) is 0 Å². The first-order chi connectivity index (χ1) is 21.6. The molecule has 2 heterocycles. The molecule has 0 saturated heterocycles. The Morgan fingerprint density at radius 1 is 0.591 bits per heavy atom. The van der Waals surface area contributed by atoms with Crippen molar-refractivity contribution in [2.45, 2.75) is 26.3 Å². The molecule has 0 aliphatic carbocycles. The molecule has 8 nitrogen and oxygen atoms in total. The van der Waals surface area contributed by atoms with Crippen molar-refractivity contribution in [3.63, 3.8) is 0 Å². The van der Waals surface area contributed by atoms with Crippen molar-refractivity contribution >= 4 is 28.1 Å². The highest BCUT2D eigenvalue weighted by Crippen LogP contribution is 2.25. The lowest BCUT2D eigenvalue weighted by Gasteiger charge is -2.13. The number of hydrogen-bond acceptors (Lipinski definition) is 6. The zero-order valence-corrected chi connectivity index (χ0v) is 24.0. The maximum atomic E-state index is 12.2. The molecule has 0 spiro atoms. The Balaban J connectivity index is 0.000000175. The lowest BCUT2D eigenvalue weighted by atomic mass is 10.2. The lowest BCUT2D eigenvalue weighted by molar-refractivity contribution is -0.108. The van der Waals surface area contributed by atoms with Gasteiger partial charge >= 0.3 is 0 Å². The topological polar surface area (TPSA) is 99.8 Å². The fourth-order valence-corrected chi connectivity index (χ4v) is 4.91. The summed E-state index contributed by atoms with van der Waals surface area (Å²) < 4.78 is 14.7. The van der Waals surface area contributed by atoms with Crippen molar-refractivity contribution in [3.05, 3.63) is 153 Å². The van der Waals surface area contributed by atoms with Crippen molar-refractivity contribution in [2.75, 3.05) is 6.61 Å². The van der Waals surface area contributed by atoms with Gasteiger partial charge in [-0.25, -0.2) is 0 Å². The first-order valence-electron chi connectivity index (χ1n) is 14.2. The van der Waals surface area contributed by atoms with Gasteiger partial charge in [-0.3, -0.25) is 9.59 Å². The van der Waals surface area contributed by atoms with Crippen LogP contribution >= 0.6 is 0 Å². The van der Waals surface area contributed by atoms with Crippen LogP contribution in [0.5, 0.6) is 11.5 Å². The maximum Gasteiger partial charge on any atom is 0.255 e. The first kappa shape index (κ1) is 30.0. The molecule has 0 radical (unpaired) electrons. The number of fused-ring (bicyclic) bond motifs is 2. The van der Waals surface area contributed by atoms with Gasteiger partial charge in [0.2, 0.25) is 0 Å². The highest BCUT2D eigenvalue weighted by atomic mass is 16.5. The molecule has 6 aromatic rings. The molecule has 2 aromatic heterocycles. The van der Waals surface area contributed by atoms with E-state index in [9.17, 15) is 14.4 Å². The lowest BCUT2D eigenvalue weighted by Crippen LogP contribution is -2.21. The van der Waals surface area contributed by atoms with Crippen LogP contribution in [0.2, 0.25) is 0 Å². The fraction of sp³-hybridized carbons (Fsp3) is 0.139. The molecule has 0 unspecified atom stereocenters. The van der Waals surface area contributed by atoms with E-state index in [4.69, 9.17) is 14.6 Å². The molecule has 222 valence electrons. The third kappa shape index (κ3) is 7.11. The number of benzene rings is 4. The van der Waals surface area contributed by atoms with Crippen LogP contribution in [0.25, 0.3) is 21.8 Å².